The smallest absolute Gasteiger partial charge is 0.335 e. The van der Waals surface area contributed by atoms with Crippen molar-refractivity contribution in [2.75, 3.05) is 11.1 Å². The molecule has 0 atom stereocenters. The third-order valence-corrected chi connectivity index (χ3v) is 4.00. The highest BCUT2D eigenvalue weighted by molar-refractivity contribution is 5.90. The molecule has 4 N–H and O–H groups in total. The molecule has 0 radical (unpaired) electrons. The minimum absolute atomic E-state index is 0.271. The predicted molar refractivity (Wildman–Crippen MR) is 77.5 cm³/mol. The quantitative estimate of drug-likeness (QED) is 0.730. The Hall–Kier alpha value is -1.71. The monoisotopic (exact) mass is 262 g/mol. The number of nitrogen functional groups attached to an aromatic ring is 1. The average molecular weight is 262 g/mol. The van der Waals surface area contributed by atoms with E-state index in [1.54, 1.807) is 12.1 Å². The molecule has 0 aromatic heterocycles. The summed E-state index contributed by atoms with van der Waals surface area (Å²) in [6, 6.07) is 5.20. The molecule has 0 unspecified atom stereocenters. The Labute approximate surface area is 114 Å². The number of aromatic carboxylic acids is 1. The molecule has 104 valence electrons. The van der Waals surface area contributed by atoms with Gasteiger partial charge in [0.25, 0.3) is 0 Å². The Balaban J connectivity index is 2.07. The van der Waals surface area contributed by atoms with Gasteiger partial charge < -0.3 is 16.2 Å². The maximum absolute atomic E-state index is 11.0. The number of hydrogen-bond acceptors (Lipinski definition) is 3. The van der Waals surface area contributed by atoms with Crippen molar-refractivity contribution in [1.82, 2.24) is 0 Å². The summed E-state index contributed by atoms with van der Waals surface area (Å²) < 4.78 is 0. The first kappa shape index (κ1) is 13.7. The van der Waals surface area contributed by atoms with Crippen LogP contribution in [0.2, 0.25) is 0 Å². The van der Waals surface area contributed by atoms with Crippen LogP contribution >= 0.6 is 0 Å². The summed E-state index contributed by atoms with van der Waals surface area (Å²) in [5.41, 5.74) is 7.95. The number of benzene rings is 1. The van der Waals surface area contributed by atoms with Gasteiger partial charge in [0, 0.05) is 6.04 Å². The van der Waals surface area contributed by atoms with E-state index in [0.29, 0.717) is 17.1 Å². The van der Waals surface area contributed by atoms with E-state index in [-0.39, 0.29) is 5.56 Å². The fraction of sp³-hybridized carbons (Fsp3) is 0.533. The number of nitrogens with one attached hydrogen (secondary N) is 1. The Morgan fingerprint density at radius 1 is 1.37 bits per heavy atom. The minimum Gasteiger partial charge on any atom is -0.478 e. The highest BCUT2D eigenvalue weighted by atomic mass is 16.4. The SMILES string of the molecule is CC1(C)CCC(Nc2cc(C(=O)O)ccc2N)CC1. The van der Waals surface area contributed by atoms with E-state index in [1.165, 1.54) is 18.9 Å². The number of carbonyl (C=O) groups is 1. The van der Waals surface area contributed by atoms with Gasteiger partial charge in [-0.1, -0.05) is 13.8 Å². The second-order valence-electron chi connectivity index (χ2n) is 6.19. The molecule has 1 aliphatic rings. The van der Waals surface area contributed by atoms with Crippen molar-refractivity contribution in [2.24, 2.45) is 5.41 Å². The first-order valence-corrected chi connectivity index (χ1v) is 6.77. The zero-order valence-electron chi connectivity index (χ0n) is 11.6. The molecule has 0 aliphatic heterocycles. The summed E-state index contributed by atoms with van der Waals surface area (Å²) in [5, 5.41) is 12.4. The summed E-state index contributed by atoms with van der Waals surface area (Å²) in [4.78, 5) is 11.0. The van der Waals surface area contributed by atoms with E-state index in [2.05, 4.69) is 19.2 Å². The van der Waals surface area contributed by atoms with Crippen molar-refractivity contribution in [2.45, 2.75) is 45.6 Å². The van der Waals surface area contributed by atoms with Gasteiger partial charge in [0.2, 0.25) is 0 Å². The van der Waals surface area contributed by atoms with Gasteiger partial charge in [-0.2, -0.15) is 0 Å². The van der Waals surface area contributed by atoms with Crippen LogP contribution in [0.15, 0.2) is 18.2 Å². The minimum atomic E-state index is -0.923. The number of carboxylic acids is 1. The maximum atomic E-state index is 11.0. The van der Waals surface area contributed by atoms with Crippen LogP contribution in [0, 0.1) is 5.41 Å². The lowest BCUT2D eigenvalue weighted by molar-refractivity contribution is 0.0697. The number of rotatable bonds is 3. The topological polar surface area (TPSA) is 75.3 Å². The molecular weight excluding hydrogens is 240 g/mol. The van der Waals surface area contributed by atoms with Crippen molar-refractivity contribution >= 4 is 17.3 Å². The zero-order valence-corrected chi connectivity index (χ0v) is 11.6. The highest BCUT2D eigenvalue weighted by Gasteiger charge is 2.26. The van der Waals surface area contributed by atoms with Gasteiger partial charge in [0.05, 0.1) is 16.9 Å². The molecule has 0 amide bonds. The molecule has 0 spiro atoms. The first-order chi connectivity index (χ1) is 8.87. The lowest BCUT2D eigenvalue weighted by Crippen LogP contribution is -2.30. The fourth-order valence-corrected chi connectivity index (χ4v) is 2.58. The van der Waals surface area contributed by atoms with Gasteiger partial charge in [-0.3, -0.25) is 0 Å². The molecule has 4 heteroatoms. The fourth-order valence-electron chi connectivity index (χ4n) is 2.58. The van der Waals surface area contributed by atoms with Crippen LogP contribution < -0.4 is 11.1 Å². The van der Waals surface area contributed by atoms with E-state index in [4.69, 9.17) is 10.8 Å². The molecule has 2 rings (SSSR count). The number of anilines is 2. The third kappa shape index (κ3) is 3.40. The molecule has 1 fully saturated rings. The number of hydrogen-bond donors (Lipinski definition) is 3. The molecule has 0 bridgehead atoms. The lowest BCUT2D eigenvalue weighted by atomic mass is 9.75. The molecule has 19 heavy (non-hydrogen) atoms. The molecule has 1 aliphatic carbocycles. The van der Waals surface area contributed by atoms with Crippen LogP contribution in [-0.2, 0) is 0 Å². The zero-order chi connectivity index (χ0) is 14.0. The van der Waals surface area contributed by atoms with Crippen LogP contribution in [-0.4, -0.2) is 17.1 Å². The Kier molecular flexibility index (Phi) is 3.69. The molecule has 0 saturated heterocycles. The normalized spacial score (nSPS) is 19.1. The average Bonchev–Trinajstić information content (AvgIpc) is 2.34. The Bertz CT molecular complexity index is 473. The van der Waals surface area contributed by atoms with E-state index in [1.807, 2.05) is 0 Å². The van der Waals surface area contributed by atoms with Crippen molar-refractivity contribution in [1.29, 1.82) is 0 Å². The number of nitrogens with two attached hydrogens (primary N) is 1. The second-order valence-corrected chi connectivity index (χ2v) is 6.19. The van der Waals surface area contributed by atoms with Crippen molar-refractivity contribution in [3.8, 4) is 0 Å². The van der Waals surface area contributed by atoms with E-state index < -0.39 is 5.97 Å². The standard InChI is InChI=1S/C15H22N2O2/c1-15(2)7-5-11(6-8-15)17-13-9-10(14(18)19)3-4-12(13)16/h3-4,9,11,17H,5-8,16H2,1-2H3,(H,18,19). The van der Waals surface area contributed by atoms with Crippen molar-refractivity contribution in [3.63, 3.8) is 0 Å². The summed E-state index contributed by atoms with van der Waals surface area (Å²) >= 11 is 0. The van der Waals surface area contributed by atoms with Crippen LogP contribution in [0.1, 0.15) is 49.9 Å². The van der Waals surface area contributed by atoms with E-state index in [0.717, 1.165) is 18.5 Å². The Morgan fingerprint density at radius 2 is 2.00 bits per heavy atom. The third-order valence-electron chi connectivity index (χ3n) is 4.00. The van der Waals surface area contributed by atoms with E-state index >= 15 is 0 Å². The summed E-state index contributed by atoms with van der Waals surface area (Å²) in [5.74, 6) is -0.923. The van der Waals surface area contributed by atoms with Gasteiger partial charge in [-0.05, 0) is 49.3 Å². The maximum Gasteiger partial charge on any atom is 0.335 e. The van der Waals surface area contributed by atoms with Gasteiger partial charge in [-0.25, -0.2) is 4.79 Å². The molecule has 4 nitrogen and oxygen atoms in total. The van der Waals surface area contributed by atoms with Crippen LogP contribution in [0.3, 0.4) is 0 Å². The second kappa shape index (κ2) is 5.11. The molecular formula is C15H22N2O2. The highest BCUT2D eigenvalue weighted by Crippen LogP contribution is 2.36. The molecule has 0 heterocycles. The van der Waals surface area contributed by atoms with Gasteiger partial charge in [-0.15, -0.1) is 0 Å². The van der Waals surface area contributed by atoms with Gasteiger partial charge in [0.1, 0.15) is 0 Å². The van der Waals surface area contributed by atoms with Crippen molar-refractivity contribution in [3.05, 3.63) is 23.8 Å². The van der Waals surface area contributed by atoms with Crippen LogP contribution in [0.4, 0.5) is 11.4 Å². The van der Waals surface area contributed by atoms with Gasteiger partial charge in [0.15, 0.2) is 0 Å². The summed E-state index contributed by atoms with van der Waals surface area (Å²) in [7, 11) is 0. The predicted octanol–water partition coefficient (Wildman–Crippen LogP) is 3.35. The largest absolute Gasteiger partial charge is 0.478 e. The summed E-state index contributed by atoms with van der Waals surface area (Å²) in [6.45, 7) is 4.59. The molecule has 1 aromatic rings. The van der Waals surface area contributed by atoms with Crippen LogP contribution in [0.25, 0.3) is 0 Å². The van der Waals surface area contributed by atoms with E-state index in [9.17, 15) is 4.79 Å². The lowest BCUT2D eigenvalue weighted by Gasteiger charge is -2.35. The van der Waals surface area contributed by atoms with Crippen LogP contribution in [0.5, 0.6) is 0 Å². The summed E-state index contributed by atoms with van der Waals surface area (Å²) in [6.07, 6.45) is 4.57. The number of carboxylic acid groups (broad SMARTS) is 1. The van der Waals surface area contributed by atoms with Gasteiger partial charge >= 0.3 is 5.97 Å². The molecule has 1 saturated carbocycles. The molecule has 1 aromatic carbocycles. The van der Waals surface area contributed by atoms with Crippen molar-refractivity contribution < 1.29 is 9.90 Å². The first-order valence-electron chi connectivity index (χ1n) is 6.77. The Morgan fingerprint density at radius 3 is 2.58 bits per heavy atom.